The number of amides is 2. The van der Waals surface area contributed by atoms with Crippen LogP contribution in [-0.2, 0) is 6.18 Å². The second kappa shape index (κ2) is 7.74. The Kier molecular flexibility index (Phi) is 5.93. The number of carbonyl (C=O) groups is 1. The van der Waals surface area contributed by atoms with Crippen LogP contribution in [0.1, 0.15) is 38.2 Å². The van der Waals surface area contributed by atoms with Gasteiger partial charge in [-0.05, 0) is 50.8 Å². The zero-order valence-corrected chi connectivity index (χ0v) is 13.3. The molecule has 8 heteroatoms. The highest BCUT2D eigenvalue weighted by Gasteiger charge is 2.34. The van der Waals surface area contributed by atoms with Crippen LogP contribution in [0.3, 0.4) is 0 Å². The van der Waals surface area contributed by atoms with Gasteiger partial charge in [-0.3, -0.25) is 0 Å². The van der Waals surface area contributed by atoms with Crippen molar-refractivity contribution < 1.29 is 27.8 Å². The molecule has 3 N–H and O–H groups in total. The molecule has 1 fully saturated rings. The van der Waals surface area contributed by atoms with E-state index in [1.807, 2.05) is 0 Å². The Hall–Kier alpha value is -1.96. The van der Waals surface area contributed by atoms with E-state index in [-0.39, 0.29) is 30.2 Å². The number of rotatable bonds is 4. The lowest BCUT2D eigenvalue weighted by atomic mass is 9.93. The summed E-state index contributed by atoms with van der Waals surface area (Å²) >= 11 is 0. The van der Waals surface area contributed by atoms with Crippen LogP contribution in [0.4, 0.5) is 23.7 Å². The molecule has 0 radical (unpaired) electrons. The number of hydrogen-bond acceptors (Lipinski definition) is 3. The van der Waals surface area contributed by atoms with E-state index in [9.17, 15) is 23.1 Å². The number of carbonyl (C=O) groups excluding carboxylic acids is 1. The Balaban J connectivity index is 2.06. The molecule has 1 aromatic rings. The molecule has 0 unspecified atom stereocenters. The summed E-state index contributed by atoms with van der Waals surface area (Å²) in [6, 6.07) is 2.59. The normalized spacial score (nSPS) is 21.2. The van der Waals surface area contributed by atoms with Crippen molar-refractivity contribution in [1.82, 2.24) is 5.32 Å². The number of ether oxygens (including phenoxy) is 1. The number of anilines is 1. The van der Waals surface area contributed by atoms with E-state index in [4.69, 9.17) is 4.74 Å². The molecule has 5 nitrogen and oxygen atoms in total. The summed E-state index contributed by atoms with van der Waals surface area (Å²) in [6.45, 7) is 1.92. The number of aliphatic hydroxyl groups is 1. The minimum absolute atomic E-state index is 0.0945. The molecule has 24 heavy (non-hydrogen) atoms. The molecule has 0 aromatic heterocycles. The lowest BCUT2D eigenvalue weighted by Crippen LogP contribution is -2.41. The smallest absolute Gasteiger partial charge is 0.418 e. The summed E-state index contributed by atoms with van der Waals surface area (Å²) in [5, 5.41) is 14.3. The van der Waals surface area contributed by atoms with Gasteiger partial charge < -0.3 is 20.5 Å². The maximum Gasteiger partial charge on any atom is 0.418 e. The molecule has 0 spiro atoms. The van der Waals surface area contributed by atoms with Gasteiger partial charge in [0.05, 0.1) is 24.0 Å². The Morgan fingerprint density at radius 2 is 1.96 bits per heavy atom. The zero-order chi connectivity index (χ0) is 17.7. The fourth-order valence-electron chi connectivity index (χ4n) is 2.69. The molecular formula is C16H21F3N2O3. The highest BCUT2D eigenvalue weighted by atomic mass is 19.4. The Morgan fingerprint density at radius 3 is 2.54 bits per heavy atom. The van der Waals surface area contributed by atoms with Crippen LogP contribution in [0.25, 0.3) is 0 Å². The van der Waals surface area contributed by atoms with E-state index in [1.54, 1.807) is 6.92 Å². The van der Waals surface area contributed by atoms with Crippen LogP contribution in [0.15, 0.2) is 18.2 Å². The van der Waals surface area contributed by atoms with Crippen molar-refractivity contribution in [2.75, 3.05) is 11.9 Å². The van der Waals surface area contributed by atoms with Crippen molar-refractivity contribution in [2.45, 2.75) is 50.9 Å². The fraction of sp³-hybridized carbons (Fsp3) is 0.562. The van der Waals surface area contributed by atoms with Crippen LogP contribution in [-0.4, -0.2) is 29.9 Å². The van der Waals surface area contributed by atoms with E-state index in [2.05, 4.69) is 10.6 Å². The van der Waals surface area contributed by atoms with Crippen molar-refractivity contribution in [3.8, 4) is 5.75 Å². The predicted molar refractivity (Wildman–Crippen MR) is 83.0 cm³/mol. The molecule has 0 saturated heterocycles. The van der Waals surface area contributed by atoms with Crippen molar-refractivity contribution in [1.29, 1.82) is 0 Å². The van der Waals surface area contributed by atoms with Gasteiger partial charge in [0.15, 0.2) is 0 Å². The summed E-state index contributed by atoms with van der Waals surface area (Å²) < 4.78 is 44.6. The van der Waals surface area contributed by atoms with Gasteiger partial charge >= 0.3 is 12.2 Å². The molecule has 1 aromatic carbocycles. The van der Waals surface area contributed by atoms with Gasteiger partial charge in [0.2, 0.25) is 0 Å². The van der Waals surface area contributed by atoms with Crippen molar-refractivity contribution in [2.24, 2.45) is 0 Å². The third-order valence-electron chi connectivity index (χ3n) is 3.89. The second-order valence-electron chi connectivity index (χ2n) is 5.74. The quantitative estimate of drug-likeness (QED) is 0.781. The monoisotopic (exact) mass is 346 g/mol. The molecule has 1 aliphatic carbocycles. The lowest BCUT2D eigenvalue weighted by molar-refractivity contribution is -0.137. The standard InChI is InChI=1S/C16H21F3N2O3/c1-2-24-12-7-8-14(13(9-12)16(17,18)19)21-15(23)20-10-3-5-11(22)6-4-10/h7-11,22H,2-6H2,1H3,(H2,20,21,23). The highest BCUT2D eigenvalue weighted by molar-refractivity contribution is 5.90. The van der Waals surface area contributed by atoms with Crippen LogP contribution in [0.5, 0.6) is 5.75 Å². The number of benzene rings is 1. The van der Waals surface area contributed by atoms with Gasteiger partial charge in [0, 0.05) is 6.04 Å². The molecule has 1 saturated carbocycles. The van der Waals surface area contributed by atoms with E-state index >= 15 is 0 Å². The Morgan fingerprint density at radius 1 is 1.29 bits per heavy atom. The van der Waals surface area contributed by atoms with Crippen molar-refractivity contribution in [3.05, 3.63) is 23.8 Å². The minimum Gasteiger partial charge on any atom is -0.494 e. The van der Waals surface area contributed by atoms with E-state index < -0.39 is 17.8 Å². The van der Waals surface area contributed by atoms with Gasteiger partial charge in [-0.25, -0.2) is 4.79 Å². The minimum atomic E-state index is -4.61. The van der Waals surface area contributed by atoms with Gasteiger partial charge in [-0.1, -0.05) is 0 Å². The molecule has 0 bridgehead atoms. The number of halogens is 3. The molecule has 2 amide bonds. The maximum absolute atomic E-state index is 13.2. The largest absolute Gasteiger partial charge is 0.494 e. The van der Waals surface area contributed by atoms with E-state index in [1.165, 1.54) is 12.1 Å². The molecule has 2 rings (SSSR count). The number of alkyl halides is 3. The highest BCUT2D eigenvalue weighted by Crippen LogP contribution is 2.37. The first kappa shape index (κ1) is 18.4. The average Bonchev–Trinajstić information content (AvgIpc) is 2.50. The predicted octanol–water partition coefficient (Wildman–Crippen LogP) is 3.53. The fourth-order valence-corrected chi connectivity index (χ4v) is 2.69. The summed E-state index contributed by atoms with van der Waals surface area (Å²) in [6.07, 6.45) is -2.63. The van der Waals surface area contributed by atoms with E-state index in [0.717, 1.165) is 6.07 Å². The zero-order valence-electron chi connectivity index (χ0n) is 13.3. The topological polar surface area (TPSA) is 70.6 Å². The number of hydrogen-bond donors (Lipinski definition) is 3. The van der Waals surface area contributed by atoms with Gasteiger partial charge in [0.25, 0.3) is 0 Å². The van der Waals surface area contributed by atoms with Gasteiger partial charge in [-0.15, -0.1) is 0 Å². The van der Waals surface area contributed by atoms with Crippen molar-refractivity contribution >= 4 is 11.7 Å². The summed E-state index contributed by atoms with van der Waals surface area (Å²) in [4.78, 5) is 12.0. The third kappa shape index (κ3) is 5.02. The number of nitrogens with one attached hydrogen (secondary N) is 2. The van der Waals surface area contributed by atoms with Crippen molar-refractivity contribution in [3.63, 3.8) is 0 Å². The SMILES string of the molecule is CCOc1ccc(NC(=O)NC2CCC(O)CC2)c(C(F)(F)F)c1. The summed E-state index contributed by atoms with van der Waals surface area (Å²) in [7, 11) is 0. The van der Waals surface area contributed by atoms with Crippen LogP contribution in [0, 0.1) is 0 Å². The summed E-state index contributed by atoms with van der Waals surface area (Å²) in [5.74, 6) is 0.0945. The Bertz CT molecular complexity index is 570. The first-order valence-corrected chi connectivity index (χ1v) is 7.89. The Labute approximate surface area is 138 Å². The molecule has 0 aliphatic heterocycles. The number of aliphatic hydroxyl groups excluding tert-OH is 1. The average molecular weight is 346 g/mol. The van der Waals surface area contributed by atoms with Gasteiger partial charge in [-0.2, -0.15) is 13.2 Å². The first-order valence-electron chi connectivity index (χ1n) is 7.89. The van der Waals surface area contributed by atoms with E-state index in [0.29, 0.717) is 25.7 Å². The molecular weight excluding hydrogens is 325 g/mol. The molecule has 0 heterocycles. The third-order valence-corrected chi connectivity index (χ3v) is 3.89. The molecule has 0 atom stereocenters. The van der Waals surface area contributed by atoms with Gasteiger partial charge in [0.1, 0.15) is 5.75 Å². The molecule has 1 aliphatic rings. The number of urea groups is 1. The second-order valence-corrected chi connectivity index (χ2v) is 5.74. The molecule has 134 valence electrons. The first-order chi connectivity index (χ1) is 11.3. The van der Waals surface area contributed by atoms with Crippen LogP contribution >= 0.6 is 0 Å². The summed E-state index contributed by atoms with van der Waals surface area (Å²) in [5.41, 5.74) is -1.28. The lowest BCUT2D eigenvalue weighted by Gasteiger charge is -2.26. The van der Waals surface area contributed by atoms with Crippen LogP contribution in [0.2, 0.25) is 0 Å². The maximum atomic E-state index is 13.2. The van der Waals surface area contributed by atoms with Crippen LogP contribution < -0.4 is 15.4 Å².